The maximum Gasteiger partial charge on any atom is 0.416 e. The Kier molecular flexibility index (Phi) is 5.47. The van der Waals surface area contributed by atoms with Crippen LogP contribution in [0.4, 0.5) is 13.2 Å². The van der Waals surface area contributed by atoms with Gasteiger partial charge in [-0.1, -0.05) is 0 Å². The number of rotatable bonds is 4. The minimum atomic E-state index is -4.52. The Labute approximate surface area is 159 Å². The van der Waals surface area contributed by atoms with Crippen LogP contribution < -0.4 is 0 Å². The van der Waals surface area contributed by atoms with E-state index in [2.05, 4.69) is 0 Å². The van der Waals surface area contributed by atoms with Gasteiger partial charge in [0.1, 0.15) is 0 Å². The molecule has 0 radical (unpaired) electrons. The van der Waals surface area contributed by atoms with Gasteiger partial charge >= 0.3 is 6.18 Å². The number of piperidine rings is 1. The highest BCUT2D eigenvalue weighted by Crippen LogP contribution is 2.32. The molecule has 2 heterocycles. The van der Waals surface area contributed by atoms with Gasteiger partial charge in [-0.2, -0.15) is 17.5 Å². The topological polar surface area (TPSA) is 54.5 Å². The molecule has 1 fully saturated rings. The third-order valence-electron chi connectivity index (χ3n) is 4.66. The number of carbonyl (C=O) groups excluding carboxylic acids is 1. The zero-order valence-corrected chi connectivity index (χ0v) is 16.1. The molecule has 3 rings (SSSR count). The van der Waals surface area contributed by atoms with E-state index >= 15 is 0 Å². The normalized spacial score (nSPS) is 19.2. The van der Waals surface area contributed by atoms with Crippen molar-refractivity contribution in [1.29, 1.82) is 0 Å². The van der Waals surface area contributed by atoms with Crippen molar-refractivity contribution in [2.45, 2.75) is 30.8 Å². The predicted octanol–water partition coefficient (Wildman–Crippen LogP) is 4.36. The zero-order valence-electron chi connectivity index (χ0n) is 14.5. The minimum Gasteiger partial charge on any atom is -0.293 e. The van der Waals surface area contributed by atoms with Gasteiger partial charge in [-0.25, -0.2) is 8.42 Å². The van der Waals surface area contributed by atoms with E-state index in [1.165, 1.54) is 15.6 Å². The number of aryl methyl sites for hydroxylation is 1. The van der Waals surface area contributed by atoms with Crippen LogP contribution in [0.2, 0.25) is 0 Å². The number of hydrogen-bond acceptors (Lipinski definition) is 4. The molecular formula is C18H18F3NO3S2. The lowest BCUT2D eigenvalue weighted by Crippen LogP contribution is -2.42. The predicted molar refractivity (Wildman–Crippen MR) is 96.3 cm³/mol. The average molecular weight is 417 g/mol. The summed E-state index contributed by atoms with van der Waals surface area (Å²) in [7, 11) is -3.95. The van der Waals surface area contributed by atoms with Crippen LogP contribution in [0.1, 0.15) is 33.6 Å². The Morgan fingerprint density at radius 1 is 1.19 bits per heavy atom. The molecule has 0 bridgehead atoms. The number of halogens is 3. The number of nitrogens with zero attached hydrogens (tertiary/aromatic N) is 1. The summed E-state index contributed by atoms with van der Waals surface area (Å²) >= 11 is 1.34. The first-order valence-electron chi connectivity index (χ1n) is 8.36. The average Bonchev–Trinajstić information content (AvgIpc) is 3.06. The molecule has 1 aliphatic heterocycles. The third-order valence-corrected chi connectivity index (χ3v) is 7.57. The second-order valence-corrected chi connectivity index (χ2v) is 9.38. The summed E-state index contributed by atoms with van der Waals surface area (Å²) in [6, 6.07) is 5.29. The van der Waals surface area contributed by atoms with Crippen molar-refractivity contribution in [2.75, 3.05) is 13.1 Å². The molecule has 1 atom stereocenters. The number of benzene rings is 1. The quantitative estimate of drug-likeness (QED) is 0.695. The van der Waals surface area contributed by atoms with Gasteiger partial charge in [0.15, 0.2) is 5.78 Å². The van der Waals surface area contributed by atoms with Gasteiger partial charge in [0.05, 0.1) is 15.3 Å². The van der Waals surface area contributed by atoms with Crippen molar-refractivity contribution < 1.29 is 26.4 Å². The molecule has 9 heteroatoms. The van der Waals surface area contributed by atoms with Crippen LogP contribution in [0, 0.1) is 12.8 Å². The lowest BCUT2D eigenvalue weighted by molar-refractivity contribution is -0.137. The van der Waals surface area contributed by atoms with Crippen molar-refractivity contribution >= 4 is 27.1 Å². The standard InChI is InChI=1S/C18H18F3NO3S2/c1-12-8-10-26-17(12)16(23)13-3-2-9-22(11-13)27(24,25)15-6-4-14(5-7-15)18(19,20)21/h4-8,10,13H,2-3,9,11H2,1H3/t13-/m0/s1. The number of ketones is 1. The van der Waals surface area contributed by atoms with E-state index in [1.807, 2.05) is 18.4 Å². The number of sulfonamides is 1. The van der Waals surface area contributed by atoms with Gasteiger partial charge in [-0.3, -0.25) is 4.79 Å². The van der Waals surface area contributed by atoms with Crippen LogP contribution >= 0.6 is 11.3 Å². The number of hydrogen-bond donors (Lipinski definition) is 0. The Hall–Kier alpha value is -1.71. The van der Waals surface area contributed by atoms with Crippen molar-refractivity contribution in [3.63, 3.8) is 0 Å². The number of carbonyl (C=O) groups is 1. The fourth-order valence-electron chi connectivity index (χ4n) is 3.15. The lowest BCUT2D eigenvalue weighted by Gasteiger charge is -2.31. The maximum absolute atomic E-state index is 12.8. The Morgan fingerprint density at radius 3 is 2.41 bits per heavy atom. The summed E-state index contributed by atoms with van der Waals surface area (Å²) in [4.78, 5) is 13.1. The van der Waals surface area contributed by atoms with E-state index < -0.39 is 27.7 Å². The Balaban J connectivity index is 1.80. The molecule has 0 saturated carbocycles. The molecule has 1 aromatic carbocycles. The van der Waals surface area contributed by atoms with Crippen LogP contribution in [0.25, 0.3) is 0 Å². The lowest BCUT2D eigenvalue weighted by atomic mass is 9.93. The van der Waals surface area contributed by atoms with Crippen LogP contribution in [0.5, 0.6) is 0 Å². The number of alkyl halides is 3. The maximum atomic E-state index is 12.8. The fourth-order valence-corrected chi connectivity index (χ4v) is 5.62. The smallest absolute Gasteiger partial charge is 0.293 e. The molecule has 27 heavy (non-hydrogen) atoms. The van der Waals surface area contributed by atoms with Gasteiger partial charge in [0, 0.05) is 19.0 Å². The second kappa shape index (κ2) is 7.37. The van der Waals surface area contributed by atoms with Crippen LogP contribution in [0.3, 0.4) is 0 Å². The van der Waals surface area contributed by atoms with Crippen molar-refractivity contribution in [1.82, 2.24) is 4.31 Å². The highest BCUT2D eigenvalue weighted by molar-refractivity contribution is 7.89. The van der Waals surface area contributed by atoms with E-state index in [-0.39, 0.29) is 23.8 Å². The largest absolute Gasteiger partial charge is 0.416 e. The first-order valence-corrected chi connectivity index (χ1v) is 10.7. The summed E-state index contributed by atoms with van der Waals surface area (Å²) in [6.45, 7) is 2.12. The fraction of sp³-hybridized carbons (Fsp3) is 0.389. The monoisotopic (exact) mass is 417 g/mol. The summed E-state index contributed by atoms with van der Waals surface area (Å²) in [5.41, 5.74) is -0.0333. The van der Waals surface area contributed by atoms with E-state index in [4.69, 9.17) is 0 Å². The molecule has 1 saturated heterocycles. The molecule has 1 aromatic heterocycles. The van der Waals surface area contributed by atoms with Gasteiger partial charge in [-0.05, 0) is 61.0 Å². The summed E-state index contributed by atoms with van der Waals surface area (Å²) < 4.78 is 64.9. The molecule has 4 nitrogen and oxygen atoms in total. The molecule has 1 aliphatic rings. The highest BCUT2D eigenvalue weighted by Gasteiger charge is 2.35. The molecule has 0 spiro atoms. The molecule has 0 N–H and O–H groups in total. The third kappa shape index (κ3) is 4.09. The van der Waals surface area contributed by atoms with Crippen molar-refractivity contribution in [3.8, 4) is 0 Å². The van der Waals surface area contributed by atoms with Gasteiger partial charge in [0.25, 0.3) is 0 Å². The van der Waals surface area contributed by atoms with Gasteiger partial charge in [0.2, 0.25) is 10.0 Å². The van der Waals surface area contributed by atoms with Crippen molar-refractivity contribution in [2.24, 2.45) is 5.92 Å². The summed E-state index contributed by atoms with van der Waals surface area (Å²) in [5, 5.41) is 1.82. The molecule has 2 aromatic rings. The minimum absolute atomic E-state index is 0.0412. The van der Waals surface area contributed by atoms with Crippen LogP contribution in [0.15, 0.2) is 40.6 Å². The van der Waals surface area contributed by atoms with Crippen LogP contribution in [-0.2, 0) is 16.2 Å². The van der Waals surface area contributed by atoms with E-state index in [9.17, 15) is 26.4 Å². The number of thiophene rings is 1. The zero-order chi connectivity index (χ0) is 19.8. The van der Waals surface area contributed by atoms with E-state index in [0.717, 1.165) is 29.8 Å². The van der Waals surface area contributed by atoms with Gasteiger partial charge in [-0.15, -0.1) is 11.3 Å². The van der Waals surface area contributed by atoms with E-state index in [1.54, 1.807) is 0 Å². The molecule has 0 amide bonds. The Bertz CT molecular complexity index is 934. The highest BCUT2D eigenvalue weighted by atomic mass is 32.2. The molecule has 146 valence electrons. The SMILES string of the molecule is Cc1ccsc1C(=O)[C@H]1CCCN(S(=O)(=O)c2ccc(C(F)(F)F)cc2)C1. The Morgan fingerprint density at radius 2 is 1.85 bits per heavy atom. The van der Waals surface area contributed by atoms with Crippen LogP contribution in [-0.4, -0.2) is 31.6 Å². The van der Waals surface area contributed by atoms with Crippen molar-refractivity contribution in [3.05, 3.63) is 51.7 Å². The second-order valence-electron chi connectivity index (χ2n) is 6.52. The first-order chi connectivity index (χ1) is 12.6. The summed E-state index contributed by atoms with van der Waals surface area (Å²) in [5.74, 6) is -0.518. The van der Waals surface area contributed by atoms with E-state index in [0.29, 0.717) is 17.7 Å². The molecule has 0 unspecified atom stereocenters. The number of Topliss-reactive ketones (excluding diaryl/α,β-unsaturated/α-hetero) is 1. The summed E-state index contributed by atoms with van der Waals surface area (Å²) in [6.07, 6.45) is -3.40. The van der Waals surface area contributed by atoms with Gasteiger partial charge < -0.3 is 0 Å². The molecular weight excluding hydrogens is 399 g/mol. The first kappa shape index (κ1) is 20.0. The molecule has 0 aliphatic carbocycles.